The summed E-state index contributed by atoms with van der Waals surface area (Å²) >= 11 is 4.56. The Kier molecular flexibility index (Phi) is 20.5. The first-order valence-corrected chi connectivity index (χ1v) is 24.5. The van der Waals surface area contributed by atoms with Crippen LogP contribution >= 0.6 is 12.6 Å². The molecule has 2 fully saturated rings. The van der Waals surface area contributed by atoms with E-state index in [4.69, 9.17) is 17.0 Å². The fourth-order valence-electron chi connectivity index (χ4n) is 10.7. The molecule has 0 heterocycles. The molecule has 0 spiro atoms. The van der Waals surface area contributed by atoms with E-state index in [0.717, 1.165) is 62.5 Å². The minimum atomic E-state index is -0.691. The van der Waals surface area contributed by atoms with E-state index in [1.165, 1.54) is 89.0 Å². The molecule has 0 bridgehead atoms. The van der Waals surface area contributed by atoms with Crippen LogP contribution in [0, 0.1) is 50.2 Å². The number of hydrogen-bond acceptors (Lipinski definition) is 5. The lowest BCUT2D eigenvalue weighted by atomic mass is 9.45. The smallest absolute Gasteiger partial charge is 0.312 e. The third-order valence-electron chi connectivity index (χ3n) is 17.1. The molecule has 2 saturated carbocycles. The zero-order chi connectivity index (χ0) is 43.5. The van der Waals surface area contributed by atoms with E-state index in [1.807, 2.05) is 0 Å². The van der Waals surface area contributed by atoms with Gasteiger partial charge in [0.1, 0.15) is 0 Å². The lowest BCUT2D eigenvalue weighted by Crippen LogP contribution is -2.55. The molecule has 0 aliphatic heterocycles. The average molecular weight is 815 g/mol. The highest BCUT2D eigenvalue weighted by atomic mass is 32.1. The Morgan fingerprint density at radius 3 is 1.86 bits per heavy atom. The maximum Gasteiger partial charge on any atom is 0.312 e. The van der Waals surface area contributed by atoms with Gasteiger partial charge in [0.25, 0.3) is 0 Å². The average Bonchev–Trinajstić information content (AvgIpc) is 3.12. The topological polar surface area (TPSA) is 64.3 Å². The van der Waals surface area contributed by atoms with Crippen LogP contribution in [-0.4, -0.2) is 36.5 Å². The van der Waals surface area contributed by atoms with Gasteiger partial charge in [0.2, 0.25) is 0 Å². The number of ether oxygens (including phenoxy) is 1. The van der Waals surface area contributed by atoms with Gasteiger partial charge in [0, 0.05) is 17.3 Å². The van der Waals surface area contributed by atoms with E-state index in [-0.39, 0.29) is 38.3 Å². The van der Waals surface area contributed by atoms with Crippen LogP contribution in [0.3, 0.4) is 0 Å². The zero-order valence-electron chi connectivity index (χ0n) is 40.6. The van der Waals surface area contributed by atoms with E-state index in [9.17, 15) is 4.79 Å². The maximum absolute atomic E-state index is 14.7. The van der Waals surface area contributed by atoms with Crippen molar-refractivity contribution in [2.75, 3.05) is 13.2 Å². The van der Waals surface area contributed by atoms with Crippen LogP contribution in [0.25, 0.3) is 0 Å². The summed E-state index contributed by atoms with van der Waals surface area (Å²) in [4.78, 5) is 14.7. The second kappa shape index (κ2) is 22.4. The minimum Gasteiger partial charge on any atom is -0.465 e. The van der Waals surface area contributed by atoms with Gasteiger partial charge in [0.15, 0.2) is 0 Å². The molecule has 4 nitrogen and oxygen atoms in total. The molecule has 0 aromatic rings. The Hall–Kier alpha value is -0.780. The number of allylic oxidation sites excluding steroid dienone is 1. The number of carbonyl (C=O) groups is 1. The fourth-order valence-corrected chi connectivity index (χ4v) is 10.8. The van der Waals surface area contributed by atoms with Crippen molar-refractivity contribution in [1.29, 1.82) is 0 Å². The Morgan fingerprint density at radius 1 is 0.772 bits per heavy atom. The van der Waals surface area contributed by atoms with Gasteiger partial charge in [-0.3, -0.25) is 4.79 Å². The highest BCUT2D eigenvalue weighted by molar-refractivity contribution is 7.81. The van der Waals surface area contributed by atoms with Crippen molar-refractivity contribution >= 4 is 18.6 Å². The molecule has 0 saturated heterocycles. The first kappa shape index (κ1) is 52.4. The van der Waals surface area contributed by atoms with Crippen molar-refractivity contribution in [1.82, 2.24) is 5.32 Å². The van der Waals surface area contributed by atoms with Gasteiger partial charge < -0.3 is 15.8 Å². The predicted octanol–water partition coefficient (Wildman–Crippen LogP) is 14.7. The molecule has 57 heavy (non-hydrogen) atoms. The van der Waals surface area contributed by atoms with Crippen molar-refractivity contribution in [3.8, 4) is 0 Å². The Labute approximate surface area is 361 Å². The summed E-state index contributed by atoms with van der Waals surface area (Å²) < 4.78 is 6.30. The molecule has 0 aromatic heterocycles. The molecule has 2 rings (SSSR count). The van der Waals surface area contributed by atoms with E-state index >= 15 is 0 Å². The molecule has 4 atom stereocenters. The SMILES string of the molecule is C=C(CCCOC(=O)C(C)(CC(C)(C)C(C)CCCC)C(C)(C)C(C)(C)CC(C)(C(=C)CCCCNC1CCC(CC2CCC(N)CC2)CC1)C(C)(C)C)C(C)S. The Bertz CT molecular complexity index is 1230. The monoisotopic (exact) mass is 815 g/mol. The highest BCUT2D eigenvalue weighted by Gasteiger charge is 2.59. The van der Waals surface area contributed by atoms with Crippen molar-refractivity contribution in [3.05, 3.63) is 24.3 Å². The number of carbonyl (C=O) groups excluding carboxylic acids is 1. The number of esters is 1. The van der Waals surface area contributed by atoms with Crippen molar-refractivity contribution < 1.29 is 9.53 Å². The molecule has 2 aliphatic rings. The number of unbranched alkanes of at least 4 members (excludes halogenated alkanes) is 2. The molecule has 0 radical (unpaired) electrons. The van der Waals surface area contributed by atoms with Crippen LogP contribution < -0.4 is 11.1 Å². The maximum atomic E-state index is 14.7. The van der Waals surface area contributed by atoms with Gasteiger partial charge in [0.05, 0.1) is 12.0 Å². The quantitative estimate of drug-likeness (QED) is 0.0372. The first-order chi connectivity index (χ1) is 26.2. The number of thiol groups is 1. The molecular formula is C52H98N2O2S. The summed E-state index contributed by atoms with van der Waals surface area (Å²) in [7, 11) is 0. The number of nitrogens with one attached hydrogen (secondary N) is 1. The Balaban J connectivity index is 2.14. The number of rotatable bonds is 25. The predicted molar refractivity (Wildman–Crippen MR) is 254 cm³/mol. The van der Waals surface area contributed by atoms with Crippen LogP contribution in [0.4, 0.5) is 0 Å². The highest BCUT2D eigenvalue weighted by Crippen LogP contribution is 2.63. The normalized spacial score (nSPS) is 24.6. The van der Waals surface area contributed by atoms with Crippen molar-refractivity contribution in [3.63, 3.8) is 0 Å². The second-order valence-electron chi connectivity index (χ2n) is 23.1. The molecule has 4 unspecified atom stereocenters. The van der Waals surface area contributed by atoms with E-state index in [1.54, 1.807) is 0 Å². The molecule has 334 valence electrons. The van der Waals surface area contributed by atoms with Crippen molar-refractivity contribution in [2.45, 2.75) is 236 Å². The fraction of sp³-hybridized carbons (Fsp3) is 0.904. The summed E-state index contributed by atoms with van der Waals surface area (Å²) in [5, 5.41) is 4.09. The summed E-state index contributed by atoms with van der Waals surface area (Å²) in [6, 6.07) is 1.14. The number of hydrogen-bond donors (Lipinski definition) is 3. The van der Waals surface area contributed by atoms with Crippen LogP contribution in [0.2, 0.25) is 0 Å². The summed E-state index contributed by atoms with van der Waals surface area (Å²) in [6.07, 6.45) is 22.4. The lowest BCUT2D eigenvalue weighted by molar-refractivity contribution is -0.178. The first-order valence-electron chi connectivity index (χ1n) is 23.9. The van der Waals surface area contributed by atoms with Gasteiger partial charge in [-0.1, -0.05) is 127 Å². The lowest BCUT2D eigenvalue weighted by Gasteiger charge is -2.58. The van der Waals surface area contributed by atoms with Crippen LogP contribution in [0.1, 0.15) is 219 Å². The summed E-state index contributed by atoms with van der Waals surface area (Å²) in [5.41, 5.74) is 7.23. The van der Waals surface area contributed by atoms with Crippen LogP contribution in [0.5, 0.6) is 0 Å². The molecular weight excluding hydrogens is 717 g/mol. The standard InChI is InChI=1S/C52H98N2O2S/c1-17-18-23-39(3)48(9,10)36-52(16,46(55)56-34-21-22-38(2)41(5)57)50(13,14)49(11,12)37-51(15,47(6,7)8)40(4)24-19-20-33-54-45-31-27-43(28-32-45)35-42-25-29-44(53)30-26-42/h39,41-45,54,57H,2,4,17-37,53H2,1,3,5-16H3. The third-order valence-corrected chi connectivity index (χ3v) is 17.5. The molecule has 0 aromatic carbocycles. The minimum absolute atomic E-state index is 0.00927. The molecule has 3 N–H and O–H groups in total. The van der Waals surface area contributed by atoms with Gasteiger partial charge in [-0.2, -0.15) is 12.6 Å². The summed E-state index contributed by atoms with van der Waals surface area (Å²) in [6.45, 7) is 43.5. The van der Waals surface area contributed by atoms with Crippen molar-refractivity contribution in [2.24, 2.45) is 56.0 Å². The molecule has 2 aliphatic carbocycles. The molecule has 5 heteroatoms. The Morgan fingerprint density at radius 2 is 1.33 bits per heavy atom. The largest absolute Gasteiger partial charge is 0.465 e. The van der Waals surface area contributed by atoms with Gasteiger partial charge >= 0.3 is 5.97 Å². The summed E-state index contributed by atoms with van der Waals surface area (Å²) in [5.74, 6) is 2.30. The van der Waals surface area contributed by atoms with Gasteiger partial charge in [-0.15, -0.1) is 0 Å². The van der Waals surface area contributed by atoms with Crippen LogP contribution in [-0.2, 0) is 9.53 Å². The second-order valence-corrected chi connectivity index (χ2v) is 23.9. The number of nitrogens with two attached hydrogens (primary N) is 1. The third kappa shape index (κ3) is 14.7. The van der Waals surface area contributed by atoms with Gasteiger partial charge in [-0.25, -0.2) is 0 Å². The van der Waals surface area contributed by atoms with E-state index in [0.29, 0.717) is 24.6 Å². The van der Waals surface area contributed by atoms with E-state index in [2.05, 4.69) is 121 Å². The zero-order valence-corrected chi connectivity index (χ0v) is 41.5. The molecule has 0 amide bonds. The van der Waals surface area contributed by atoms with Gasteiger partial charge in [-0.05, 0) is 168 Å². The van der Waals surface area contributed by atoms with E-state index < -0.39 is 5.41 Å². The van der Waals surface area contributed by atoms with Crippen LogP contribution in [0.15, 0.2) is 24.3 Å².